The van der Waals surface area contributed by atoms with Gasteiger partial charge in [-0.25, -0.2) is 0 Å². The number of hydrogen-bond donors (Lipinski definition) is 0. The molecule has 29 heavy (non-hydrogen) atoms. The fourth-order valence-electron chi connectivity index (χ4n) is 4.51. The zero-order valence-electron chi connectivity index (χ0n) is 17.3. The van der Waals surface area contributed by atoms with Crippen LogP contribution in [0.1, 0.15) is 29.2 Å². The first kappa shape index (κ1) is 19.6. The van der Waals surface area contributed by atoms with Crippen LogP contribution in [0.15, 0.2) is 54.6 Å². The summed E-state index contributed by atoms with van der Waals surface area (Å²) >= 11 is 0. The summed E-state index contributed by atoms with van der Waals surface area (Å²) in [6.07, 6.45) is 0.304. The number of hydrogen-bond acceptors (Lipinski definition) is 3. The molecule has 2 aromatic rings. The highest BCUT2D eigenvalue weighted by Crippen LogP contribution is 2.38. The van der Waals surface area contributed by atoms with Crippen LogP contribution < -0.4 is 0 Å². The molecule has 0 unspecified atom stereocenters. The zero-order valence-corrected chi connectivity index (χ0v) is 17.3. The molecule has 2 amide bonds. The van der Waals surface area contributed by atoms with Gasteiger partial charge in [0.15, 0.2) is 0 Å². The van der Waals surface area contributed by atoms with E-state index in [1.807, 2.05) is 37.1 Å². The molecule has 2 heterocycles. The maximum Gasteiger partial charge on any atom is 0.228 e. The smallest absolute Gasteiger partial charge is 0.228 e. The van der Waals surface area contributed by atoms with Gasteiger partial charge in [0, 0.05) is 46.2 Å². The lowest BCUT2D eigenvalue weighted by Gasteiger charge is -2.37. The van der Waals surface area contributed by atoms with Crippen molar-refractivity contribution >= 4 is 11.8 Å². The Labute approximate surface area is 172 Å². The van der Waals surface area contributed by atoms with E-state index in [0.717, 1.165) is 38.3 Å². The molecule has 0 bridgehead atoms. The van der Waals surface area contributed by atoms with Gasteiger partial charge in [-0.15, -0.1) is 0 Å². The number of rotatable bonds is 4. The van der Waals surface area contributed by atoms with Crippen LogP contribution >= 0.6 is 0 Å². The van der Waals surface area contributed by atoms with Gasteiger partial charge in [0.05, 0.1) is 12.0 Å². The lowest BCUT2D eigenvalue weighted by Crippen LogP contribution is -2.50. The van der Waals surface area contributed by atoms with Gasteiger partial charge in [-0.05, 0) is 18.1 Å². The lowest BCUT2D eigenvalue weighted by molar-refractivity contribution is -0.138. The van der Waals surface area contributed by atoms with Crippen LogP contribution in [0.4, 0.5) is 0 Å². The highest BCUT2D eigenvalue weighted by molar-refractivity contribution is 5.90. The summed E-state index contributed by atoms with van der Waals surface area (Å²) in [6, 6.07) is 18.5. The van der Waals surface area contributed by atoms with Crippen molar-refractivity contribution in [2.45, 2.75) is 25.9 Å². The molecule has 0 aliphatic carbocycles. The molecule has 152 valence electrons. The second-order valence-corrected chi connectivity index (χ2v) is 8.26. The maximum absolute atomic E-state index is 13.3. The van der Waals surface area contributed by atoms with Crippen molar-refractivity contribution in [2.24, 2.45) is 5.92 Å². The Balaban J connectivity index is 1.42. The molecule has 2 fully saturated rings. The van der Waals surface area contributed by atoms with Gasteiger partial charge in [0.1, 0.15) is 0 Å². The average Bonchev–Trinajstić information content (AvgIpc) is 3.04. The Bertz CT molecular complexity index is 857. The molecule has 0 saturated carbocycles. The van der Waals surface area contributed by atoms with E-state index < -0.39 is 0 Å². The summed E-state index contributed by atoms with van der Waals surface area (Å²) in [5, 5.41) is 0. The molecular weight excluding hydrogens is 362 g/mol. The van der Waals surface area contributed by atoms with Gasteiger partial charge >= 0.3 is 0 Å². The number of nitrogens with zero attached hydrogens (tertiary/aromatic N) is 3. The van der Waals surface area contributed by atoms with Gasteiger partial charge in [0.2, 0.25) is 11.8 Å². The summed E-state index contributed by atoms with van der Waals surface area (Å²) < 4.78 is 0. The number of piperazine rings is 1. The summed E-state index contributed by atoms with van der Waals surface area (Å²) in [6.45, 7) is 6.14. The molecule has 2 aromatic carbocycles. The third-order valence-corrected chi connectivity index (χ3v) is 6.26. The normalized spacial score (nSPS) is 22.9. The molecule has 2 aliphatic heterocycles. The summed E-state index contributed by atoms with van der Waals surface area (Å²) in [4.78, 5) is 31.9. The molecular formula is C24H29N3O2. The lowest BCUT2D eigenvalue weighted by atomic mass is 9.91. The van der Waals surface area contributed by atoms with Gasteiger partial charge in [-0.2, -0.15) is 0 Å². The molecule has 0 radical (unpaired) electrons. The van der Waals surface area contributed by atoms with Crippen molar-refractivity contribution in [1.82, 2.24) is 14.7 Å². The minimum Gasteiger partial charge on any atom is -0.340 e. The first-order valence-electron chi connectivity index (χ1n) is 10.4. The quantitative estimate of drug-likeness (QED) is 0.805. The van der Waals surface area contributed by atoms with Crippen LogP contribution in [0.2, 0.25) is 0 Å². The van der Waals surface area contributed by atoms with Crippen LogP contribution in [-0.2, 0) is 16.1 Å². The topological polar surface area (TPSA) is 43.9 Å². The van der Waals surface area contributed by atoms with E-state index in [2.05, 4.69) is 41.3 Å². The summed E-state index contributed by atoms with van der Waals surface area (Å²) in [5.41, 5.74) is 3.53. The molecule has 2 aliphatic rings. The van der Waals surface area contributed by atoms with Gasteiger partial charge in [-0.3, -0.25) is 14.5 Å². The standard InChI is InChI=1S/C24H29N3O2/c1-18-8-10-20(11-9-18)23-21(16-22(28)25(23)2)24(29)27-14-12-26(13-15-27)17-19-6-4-3-5-7-19/h3-11,21,23H,12-17H2,1-2H3/t21-,23+/m0/s1. The highest BCUT2D eigenvalue weighted by atomic mass is 16.2. The van der Waals surface area contributed by atoms with Gasteiger partial charge in [0.25, 0.3) is 0 Å². The Hall–Kier alpha value is -2.66. The molecule has 5 nitrogen and oxygen atoms in total. The molecule has 0 N–H and O–H groups in total. The molecule has 0 aromatic heterocycles. The Morgan fingerprint density at radius 3 is 2.28 bits per heavy atom. The van der Waals surface area contributed by atoms with Crippen molar-refractivity contribution in [3.8, 4) is 0 Å². The van der Waals surface area contributed by atoms with Crippen LogP contribution in [-0.4, -0.2) is 59.7 Å². The Morgan fingerprint density at radius 1 is 0.966 bits per heavy atom. The number of likely N-dealkylation sites (tertiary alicyclic amines) is 1. The largest absolute Gasteiger partial charge is 0.340 e. The van der Waals surface area contributed by atoms with E-state index >= 15 is 0 Å². The van der Waals surface area contributed by atoms with Crippen molar-refractivity contribution in [3.05, 3.63) is 71.3 Å². The molecule has 2 atom stereocenters. The zero-order chi connectivity index (χ0) is 20.4. The van der Waals surface area contributed by atoms with Crippen molar-refractivity contribution in [1.29, 1.82) is 0 Å². The van der Waals surface area contributed by atoms with Crippen LogP contribution in [0, 0.1) is 12.8 Å². The molecule has 2 saturated heterocycles. The van der Waals surface area contributed by atoms with Crippen molar-refractivity contribution in [2.75, 3.05) is 33.2 Å². The monoisotopic (exact) mass is 391 g/mol. The predicted molar refractivity (Wildman–Crippen MR) is 113 cm³/mol. The van der Waals surface area contributed by atoms with Crippen LogP contribution in [0.3, 0.4) is 0 Å². The second-order valence-electron chi connectivity index (χ2n) is 8.26. The van der Waals surface area contributed by atoms with Gasteiger partial charge < -0.3 is 9.80 Å². The van der Waals surface area contributed by atoms with E-state index in [4.69, 9.17) is 0 Å². The predicted octanol–water partition coefficient (Wildman–Crippen LogP) is 2.86. The van der Waals surface area contributed by atoms with Crippen LogP contribution in [0.25, 0.3) is 0 Å². The molecule has 5 heteroatoms. The fourth-order valence-corrected chi connectivity index (χ4v) is 4.51. The number of carbonyl (C=O) groups excluding carboxylic acids is 2. The first-order valence-corrected chi connectivity index (χ1v) is 10.4. The number of carbonyl (C=O) groups is 2. The van der Waals surface area contributed by atoms with E-state index in [-0.39, 0.29) is 23.8 Å². The Morgan fingerprint density at radius 2 is 1.62 bits per heavy atom. The summed E-state index contributed by atoms with van der Waals surface area (Å²) in [7, 11) is 1.82. The SMILES string of the molecule is Cc1ccc([C@@H]2[C@@H](C(=O)N3CCN(Cc4ccccc4)CC3)CC(=O)N2C)cc1. The molecule has 4 rings (SSSR count). The second kappa shape index (κ2) is 8.37. The summed E-state index contributed by atoms with van der Waals surface area (Å²) in [5.74, 6) is -0.125. The van der Waals surface area contributed by atoms with Crippen molar-refractivity contribution in [3.63, 3.8) is 0 Å². The minimum atomic E-state index is -0.295. The van der Waals surface area contributed by atoms with E-state index in [1.165, 1.54) is 11.1 Å². The van der Waals surface area contributed by atoms with E-state index in [0.29, 0.717) is 6.42 Å². The third-order valence-electron chi connectivity index (χ3n) is 6.26. The Kier molecular flexibility index (Phi) is 5.67. The maximum atomic E-state index is 13.3. The molecule has 0 spiro atoms. The highest BCUT2D eigenvalue weighted by Gasteiger charge is 2.44. The minimum absolute atomic E-state index is 0.0524. The number of aryl methyl sites for hydroxylation is 1. The van der Waals surface area contributed by atoms with Crippen LogP contribution in [0.5, 0.6) is 0 Å². The first-order chi connectivity index (χ1) is 14.0. The van der Waals surface area contributed by atoms with Gasteiger partial charge in [-0.1, -0.05) is 60.2 Å². The fraction of sp³-hybridized carbons (Fsp3) is 0.417. The number of amides is 2. The average molecular weight is 392 g/mol. The van der Waals surface area contributed by atoms with Crippen molar-refractivity contribution < 1.29 is 9.59 Å². The number of benzene rings is 2. The third kappa shape index (κ3) is 4.20. The van der Waals surface area contributed by atoms with E-state index in [9.17, 15) is 9.59 Å². The van der Waals surface area contributed by atoms with E-state index in [1.54, 1.807) is 4.90 Å².